The fourth-order valence-electron chi connectivity index (χ4n) is 1.41. The van der Waals surface area contributed by atoms with Gasteiger partial charge in [-0.25, -0.2) is 9.97 Å². The van der Waals surface area contributed by atoms with Crippen molar-refractivity contribution in [2.75, 3.05) is 0 Å². The molecule has 2 aromatic heterocycles. The first-order chi connectivity index (χ1) is 9.69. The summed E-state index contributed by atoms with van der Waals surface area (Å²) in [4.78, 5) is 7.61. The van der Waals surface area contributed by atoms with Crippen LogP contribution in [0.3, 0.4) is 0 Å². The normalized spacial score (nSPS) is 10.1. The summed E-state index contributed by atoms with van der Waals surface area (Å²) in [6.07, 6.45) is 1.54. The van der Waals surface area contributed by atoms with Gasteiger partial charge >= 0.3 is 6.61 Å². The number of halogens is 2. The van der Waals surface area contributed by atoms with Crippen LogP contribution in [-0.2, 0) is 6.61 Å². The minimum absolute atomic E-state index is 0.0118. The maximum atomic E-state index is 12.3. The maximum Gasteiger partial charge on any atom is 0.388 e. The van der Waals surface area contributed by atoms with Crippen LogP contribution >= 0.6 is 0 Å². The summed E-state index contributed by atoms with van der Waals surface area (Å²) in [7, 11) is 0. The van der Waals surface area contributed by atoms with E-state index in [2.05, 4.69) is 14.7 Å². The van der Waals surface area contributed by atoms with Crippen LogP contribution in [0.25, 0.3) is 0 Å². The molecule has 0 saturated heterocycles. The molecule has 0 aliphatic rings. The van der Waals surface area contributed by atoms with E-state index in [-0.39, 0.29) is 18.2 Å². The van der Waals surface area contributed by atoms with Crippen molar-refractivity contribution in [1.82, 2.24) is 9.97 Å². The van der Waals surface area contributed by atoms with Crippen molar-refractivity contribution >= 4 is 0 Å². The molecule has 2 heterocycles. The lowest BCUT2D eigenvalue weighted by Crippen LogP contribution is -2.09. The first-order valence-corrected chi connectivity index (χ1v) is 5.57. The average Bonchev–Trinajstić information content (AvgIpc) is 2.46. The summed E-state index contributed by atoms with van der Waals surface area (Å²) < 4.78 is 34.2. The molecule has 0 atom stereocenters. The van der Waals surface area contributed by atoms with Crippen LogP contribution in [0.1, 0.15) is 11.3 Å². The van der Waals surface area contributed by atoms with Gasteiger partial charge in [-0.15, -0.1) is 0 Å². The van der Waals surface area contributed by atoms with Crippen molar-refractivity contribution in [3.63, 3.8) is 0 Å². The van der Waals surface area contributed by atoms with E-state index in [1.54, 1.807) is 30.5 Å². The van der Waals surface area contributed by atoms with Gasteiger partial charge in [0.15, 0.2) is 0 Å². The first kappa shape index (κ1) is 13.7. The van der Waals surface area contributed by atoms with Crippen LogP contribution in [0, 0.1) is 11.3 Å². The van der Waals surface area contributed by atoms with Crippen LogP contribution in [0.15, 0.2) is 36.5 Å². The van der Waals surface area contributed by atoms with Crippen LogP contribution in [0.2, 0.25) is 0 Å². The van der Waals surface area contributed by atoms with E-state index in [0.29, 0.717) is 11.4 Å². The molecule has 0 spiro atoms. The first-order valence-electron chi connectivity index (χ1n) is 5.57. The van der Waals surface area contributed by atoms with Gasteiger partial charge in [-0.05, 0) is 18.2 Å². The molecule has 0 saturated carbocycles. The molecule has 0 N–H and O–H groups in total. The topological polar surface area (TPSA) is 68.0 Å². The Labute approximate surface area is 113 Å². The molecule has 0 radical (unpaired) electrons. The zero-order chi connectivity index (χ0) is 14.4. The number of aromatic nitrogens is 2. The summed E-state index contributed by atoms with van der Waals surface area (Å²) in [5.74, 6) is 0.0230. The lowest BCUT2D eigenvalue weighted by atomic mass is 10.2. The standard InChI is InChI=1S/C13H9F2N3O2/c14-13(15)20-12-9(4-5-10(7-16)18-12)8-19-11-3-1-2-6-17-11/h1-6,13H,8H2. The van der Waals surface area contributed by atoms with E-state index in [0.717, 1.165) is 0 Å². The number of rotatable bonds is 5. The number of alkyl halides is 2. The Hall–Kier alpha value is -2.75. The molecule has 0 fully saturated rings. The van der Waals surface area contributed by atoms with E-state index in [4.69, 9.17) is 10.00 Å². The molecule has 0 bridgehead atoms. The van der Waals surface area contributed by atoms with Gasteiger partial charge in [0, 0.05) is 12.3 Å². The second-order valence-corrected chi connectivity index (χ2v) is 3.61. The molecule has 20 heavy (non-hydrogen) atoms. The third-order valence-electron chi connectivity index (χ3n) is 2.27. The molecule has 0 aliphatic carbocycles. The predicted octanol–water partition coefficient (Wildman–Crippen LogP) is 2.53. The Kier molecular flexibility index (Phi) is 4.39. The van der Waals surface area contributed by atoms with E-state index in [9.17, 15) is 8.78 Å². The Morgan fingerprint density at radius 1 is 1.25 bits per heavy atom. The lowest BCUT2D eigenvalue weighted by Gasteiger charge is -2.10. The zero-order valence-electron chi connectivity index (χ0n) is 10.2. The third-order valence-corrected chi connectivity index (χ3v) is 2.27. The summed E-state index contributed by atoms with van der Waals surface area (Å²) in [6, 6.07) is 9.69. The second kappa shape index (κ2) is 6.43. The number of nitriles is 1. The molecular formula is C13H9F2N3O2. The highest BCUT2D eigenvalue weighted by Gasteiger charge is 2.13. The molecule has 0 aliphatic heterocycles. The fourth-order valence-corrected chi connectivity index (χ4v) is 1.41. The molecule has 102 valence electrons. The van der Waals surface area contributed by atoms with Crippen LogP contribution in [-0.4, -0.2) is 16.6 Å². The Balaban J connectivity index is 2.16. The minimum Gasteiger partial charge on any atom is -0.473 e. The fraction of sp³-hybridized carbons (Fsp3) is 0.154. The van der Waals surface area contributed by atoms with Crippen molar-refractivity contribution in [1.29, 1.82) is 5.26 Å². The quantitative estimate of drug-likeness (QED) is 0.840. The Morgan fingerprint density at radius 2 is 2.10 bits per heavy atom. The van der Waals surface area contributed by atoms with Crippen molar-refractivity contribution < 1.29 is 18.3 Å². The maximum absolute atomic E-state index is 12.3. The van der Waals surface area contributed by atoms with Gasteiger partial charge in [0.05, 0.1) is 5.56 Å². The number of hydrogen-bond donors (Lipinski definition) is 0. The number of hydrogen-bond acceptors (Lipinski definition) is 5. The molecule has 0 unspecified atom stereocenters. The minimum atomic E-state index is -3.02. The third kappa shape index (κ3) is 3.62. The SMILES string of the molecule is N#Cc1ccc(COc2ccccn2)c(OC(F)F)n1. The van der Waals surface area contributed by atoms with Gasteiger partial charge in [0.1, 0.15) is 18.4 Å². The van der Waals surface area contributed by atoms with Gasteiger partial charge in [-0.1, -0.05) is 6.07 Å². The Morgan fingerprint density at radius 3 is 2.75 bits per heavy atom. The van der Waals surface area contributed by atoms with Gasteiger partial charge in [-0.3, -0.25) is 0 Å². The Bertz CT molecular complexity index is 615. The molecule has 7 heteroatoms. The molecule has 0 aromatic carbocycles. The highest BCUT2D eigenvalue weighted by Crippen LogP contribution is 2.20. The summed E-state index contributed by atoms with van der Waals surface area (Å²) in [5.41, 5.74) is 0.289. The molecular weight excluding hydrogens is 268 g/mol. The smallest absolute Gasteiger partial charge is 0.388 e. The van der Waals surface area contributed by atoms with Crippen molar-refractivity contribution in [2.45, 2.75) is 13.2 Å². The van der Waals surface area contributed by atoms with Gasteiger partial charge in [0.2, 0.25) is 11.8 Å². The van der Waals surface area contributed by atoms with Crippen LogP contribution in [0.5, 0.6) is 11.8 Å². The molecule has 5 nitrogen and oxygen atoms in total. The zero-order valence-corrected chi connectivity index (χ0v) is 10.2. The number of ether oxygens (including phenoxy) is 2. The summed E-state index contributed by atoms with van der Waals surface area (Å²) in [6.45, 7) is -3.07. The monoisotopic (exact) mass is 277 g/mol. The van der Waals surface area contributed by atoms with E-state index in [1.807, 2.05) is 0 Å². The van der Waals surface area contributed by atoms with Crippen LogP contribution in [0.4, 0.5) is 8.78 Å². The number of pyridine rings is 2. The van der Waals surface area contributed by atoms with Gasteiger partial charge < -0.3 is 9.47 Å². The average molecular weight is 277 g/mol. The van der Waals surface area contributed by atoms with Crippen molar-refractivity contribution in [2.24, 2.45) is 0 Å². The summed E-state index contributed by atoms with van der Waals surface area (Å²) in [5, 5.41) is 8.70. The second-order valence-electron chi connectivity index (χ2n) is 3.61. The highest BCUT2D eigenvalue weighted by molar-refractivity contribution is 5.32. The van der Waals surface area contributed by atoms with E-state index >= 15 is 0 Å². The van der Waals surface area contributed by atoms with E-state index < -0.39 is 6.61 Å². The summed E-state index contributed by atoms with van der Waals surface area (Å²) >= 11 is 0. The number of nitrogens with zero attached hydrogens (tertiary/aromatic N) is 3. The molecule has 0 amide bonds. The van der Waals surface area contributed by atoms with Crippen molar-refractivity contribution in [3.05, 3.63) is 47.8 Å². The van der Waals surface area contributed by atoms with Crippen LogP contribution < -0.4 is 9.47 Å². The van der Waals surface area contributed by atoms with Crippen molar-refractivity contribution in [3.8, 4) is 17.8 Å². The van der Waals surface area contributed by atoms with Gasteiger partial charge in [0.25, 0.3) is 0 Å². The molecule has 2 aromatic rings. The predicted molar refractivity (Wildman–Crippen MR) is 64.2 cm³/mol. The largest absolute Gasteiger partial charge is 0.473 e. The lowest BCUT2D eigenvalue weighted by molar-refractivity contribution is -0.0539. The highest BCUT2D eigenvalue weighted by atomic mass is 19.3. The molecule has 2 rings (SSSR count). The van der Waals surface area contributed by atoms with Gasteiger partial charge in [-0.2, -0.15) is 14.0 Å². The van der Waals surface area contributed by atoms with E-state index in [1.165, 1.54) is 12.1 Å².